The molecule has 2 unspecified atom stereocenters. The molecule has 5 rings (SSSR count). The normalized spacial score (nSPS) is 21.3. The molecule has 2 aromatic carbocycles. The first-order valence-electron chi connectivity index (χ1n) is 14.9. The van der Waals surface area contributed by atoms with Gasteiger partial charge >= 0.3 is 0 Å². The van der Waals surface area contributed by atoms with Gasteiger partial charge in [0, 0.05) is 17.3 Å². The first kappa shape index (κ1) is 28.8. The molecular weight excluding hydrogens is 516 g/mol. The Bertz CT molecular complexity index is 1290. The number of hydrogen-bond donors (Lipinski definition) is 2. The zero-order valence-electron chi connectivity index (χ0n) is 23.7. The lowest BCUT2D eigenvalue weighted by Gasteiger charge is -2.40. The van der Waals surface area contributed by atoms with Gasteiger partial charge in [-0.05, 0) is 30.7 Å². The second kappa shape index (κ2) is 13.7. The Hall–Kier alpha value is -3.75. The Balaban J connectivity index is 1.32. The minimum atomic E-state index is -0.777. The number of fused-ring (bicyclic) bond motifs is 1. The third kappa shape index (κ3) is 6.60. The first-order chi connectivity index (χ1) is 20.1. The lowest BCUT2D eigenvalue weighted by atomic mass is 9.91. The van der Waals surface area contributed by atoms with E-state index in [1.807, 2.05) is 48.5 Å². The van der Waals surface area contributed by atoms with E-state index in [1.165, 1.54) is 49.7 Å². The number of amides is 2. The van der Waals surface area contributed by atoms with Crippen LogP contribution in [0.15, 0.2) is 83.6 Å². The number of aromatic nitrogens is 1. The van der Waals surface area contributed by atoms with Gasteiger partial charge in [-0.15, -0.1) is 0 Å². The summed E-state index contributed by atoms with van der Waals surface area (Å²) in [7, 11) is 0. The Morgan fingerprint density at radius 1 is 0.878 bits per heavy atom. The summed E-state index contributed by atoms with van der Waals surface area (Å²) in [5.41, 5.74) is 6.31. The van der Waals surface area contributed by atoms with Crippen LogP contribution in [-0.2, 0) is 9.59 Å². The molecule has 2 amide bonds. The van der Waals surface area contributed by atoms with E-state index < -0.39 is 24.1 Å². The van der Waals surface area contributed by atoms with Crippen molar-refractivity contribution in [2.45, 2.75) is 82.9 Å². The molecule has 1 fully saturated rings. The number of para-hydroxylation sites is 1. The van der Waals surface area contributed by atoms with E-state index in [0.29, 0.717) is 12.1 Å². The Morgan fingerprint density at radius 2 is 1.59 bits per heavy atom. The molecular formula is C33H40N4O4. The van der Waals surface area contributed by atoms with Gasteiger partial charge in [-0.3, -0.25) is 9.59 Å². The van der Waals surface area contributed by atoms with Crippen LogP contribution >= 0.6 is 0 Å². The maximum atomic E-state index is 13.8. The number of nitrogens with one attached hydrogen (secondary N) is 1. The fraction of sp³-hybridized carbons (Fsp3) is 0.424. The van der Waals surface area contributed by atoms with Gasteiger partial charge in [-0.25, -0.2) is 9.91 Å². The molecule has 1 saturated heterocycles. The van der Waals surface area contributed by atoms with Crippen LogP contribution in [0.2, 0.25) is 0 Å². The third-order valence-corrected chi connectivity index (χ3v) is 8.09. The quantitative estimate of drug-likeness (QED) is 0.135. The van der Waals surface area contributed by atoms with E-state index in [-0.39, 0.29) is 11.8 Å². The molecule has 0 bridgehead atoms. The summed E-state index contributed by atoms with van der Waals surface area (Å²) in [5, 5.41) is 17.1. The topological polar surface area (TPSA) is 98.9 Å². The third-order valence-electron chi connectivity index (χ3n) is 8.09. The van der Waals surface area contributed by atoms with Gasteiger partial charge in [-0.1, -0.05) is 106 Å². The lowest BCUT2D eigenvalue weighted by molar-refractivity contribution is -0.123. The van der Waals surface area contributed by atoms with Crippen molar-refractivity contribution in [2.75, 3.05) is 10.3 Å². The fourth-order valence-corrected chi connectivity index (χ4v) is 5.84. The highest BCUT2D eigenvalue weighted by Crippen LogP contribution is 2.36. The molecule has 3 heterocycles. The summed E-state index contributed by atoms with van der Waals surface area (Å²) in [6, 6.07) is 17.2. The molecule has 0 aliphatic carbocycles. The number of carbonyl (C=O) groups excluding carboxylic acids is 2. The zero-order chi connectivity index (χ0) is 28.6. The van der Waals surface area contributed by atoms with E-state index in [2.05, 4.69) is 17.5 Å². The second-order valence-electron chi connectivity index (χ2n) is 11.0. The van der Waals surface area contributed by atoms with Crippen LogP contribution in [0.1, 0.15) is 64.7 Å². The first-order valence-corrected chi connectivity index (χ1v) is 14.9. The molecule has 2 aliphatic heterocycles. The van der Waals surface area contributed by atoms with Gasteiger partial charge in [0.15, 0.2) is 0 Å². The number of anilines is 2. The SMILES string of the molecule is CCCCCCCCCC[C@H](O)C1C=CC2C(=O)N(c3ccccc3)C(=O)[C@H]2N1Nc1ccc(-c2ccon2)cc1. The van der Waals surface area contributed by atoms with E-state index in [1.54, 1.807) is 29.3 Å². The van der Waals surface area contributed by atoms with Crippen molar-refractivity contribution < 1.29 is 19.2 Å². The van der Waals surface area contributed by atoms with Gasteiger partial charge in [-0.2, -0.15) is 0 Å². The largest absolute Gasteiger partial charge is 0.391 e. The van der Waals surface area contributed by atoms with Gasteiger partial charge < -0.3 is 15.1 Å². The molecule has 2 N–H and O–H groups in total. The van der Waals surface area contributed by atoms with Gasteiger partial charge in [0.05, 0.1) is 23.8 Å². The summed E-state index contributed by atoms with van der Waals surface area (Å²) < 4.78 is 4.96. The van der Waals surface area contributed by atoms with E-state index in [9.17, 15) is 14.7 Å². The highest BCUT2D eigenvalue weighted by Gasteiger charge is 2.54. The Kier molecular flexibility index (Phi) is 9.64. The van der Waals surface area contributed by atoms with E-state index in [4.69, 9.17) is 4.52 Å². The summed E-state index contributed by atoms with van der Waals surface area (Å²) in [4.78, 5) is 28.6. The minimum absolute atomic E-state index is 0.258. The second-order valence-corrected chi connectivity index (χ2v) is 11.0. The average Bonchev–Trinajstić information content (AvgIpc) is 3.62. The van der Waals surface area contributed by atoms with E-state index >= 15 is 0 Å². The maximum absolute atomic E-state index is 13.8. The molecule has 8 heteroatoms. The number of benzene rings is 2. The van der Waals surface area contributed by atoms with Crippen molar-refractivity contribution in [1.29, 1.82) is 0 Å². The average molecular weight is 557 g/mol. The predicted octanol–water partition coefficient (Wildman–Crippen LogP) is 6.36. The number of imide groups is 1. The number of hydrazine groups is 1. The standard InChI is InChI=1S/C33H40N4O4/c1-2-3-4-5-6-7-8-12-15-30(38)29-21-20-27-31(33(40)36(32(27)39)26-13-10-9-11-14-26)37(29)34-25-18-16-24(17-19-25)28-22-23-41-35-28/h9-11,13-14,16-23,27,29-31,34,38H,2-8,12,15H2,1H3/t27?,29?,30-,31-/m0/s1. The van der Waals surface area contributed by atoms with Crippen molar-refractivity contribution in [1.82, 2.24) is 10.2 Å². The van der Waals surface area contributed by atoms with Crippen molar-refractivity contribution >= 4 is 23.2 Å². The Morgan fingerprint density at radius 3 is 2.27 bits per heavy atom. The number of hydrogen-bond acceptors (Lipinski definition) is 7. The van der Waals surface area contributed by atoms with Crippen LogP contribution < -0.4 is 10.3 Å². The highest BCUT2D eigenvalue weighted by atomic mass is 16.5. The molecule has 1 aromatic heterocycles. The summed E-state index contributed by atoms with van der Waals surface area (Å²) >= 11 is 0. The molecule has 216 valence electrons. The maximum Gasteiger partial charge on any atom is 0.254 e. The number of carbonyl (C=O) groups is 2. The minimum Gasteiger partial charge on any atom is -0.391 e. The van der Waals surface area contributed by atoms with Crippen LogP contribution in [0.4, 0.5) is 11.4 Å². The number of aliphatic hydroxyl groups is 1. The molecule has 0 radical (unpaired) electrons. The molecule has 41 heavy (non-hydrogen) atoms. The van der Waals surface area contributed by atoms with Crippen LogP contribution in [0, 0.1) is 5.92 Å². The van der Waals surface area contributed by atoms with Gasteiger partial charge in [0.1, 0.15) is 18.0 Å². The zero-order valence-corrected chi connectivity index (χ0v) is 23.7. The molecule has 3 aromatic rings. The molecule has 0 saturated carbocycles. The fourth-order valence-electron chi connectivity index (χ4n) is 5.84. The van der Waals surface area contributed by atoms with Crippen LogP contribution in [-0.4, -0.2) is 45.3 Å². The number of nitrogens with zero attached hydrogens (tertiary/aromatic N) is 3. The van der Waals surface area contributed by atoms with E-state index in [0.717, 1.165) is 29.8 Å². The number of unbranched alkanes of at least 4 members (excludes halogenated alkanes) is 7. The number of rotatable bonds is 14. The van der Waals surface area contributed by atoms with Crippen LogP contribution in [0.5, 0.6) is 0 Å². The van der Waals surface area contributed by atoms with Crippen molar-refractivity contribution in [3.05, 3.63) is 79.1 Å². The molecule has 2 aliphatic rings. The monoisotopic (exact) mass is 556 g/mol. The summed E-state index contributed by atoms with van der Waals surface area (Å²) in [6.45, 7) is 2.23. The Labute approximate surface area is 242 Å². The van der Waals surface area contributed by atoms with Crippen molar-refractivity contribution in [3.8, 4) is 11.3 Å². The van der Waals surface area contributed by atoms with Crippen molar-refractivity contribution in [2.24, 2.45) is 5.92 Å². The van der Waals surface area contributed by atoms with Gasteiger partial charge in [0.2, 0.25) is 5.91 Å². The van der Waals surface area contributed by atoms with Crippen molar-refractivity contribution in [3.63, 3.8) is 0 Å². The van der Waals surface area contributed by atoms with Crippen LogP contribution in [0.25, 0.3) is 11.3 Å². The molecule has 4 atom stereocenters. The number of aliphatic hydroxyl groups excluding tert-OH is 1. The predicted molar refractivity (Wildman–Crippen MR) is 160 cm³/mol. The van der Waals surface area contributed by atoms with Crippen LogP contribution in [0.3, 0.4) is 0 Å². The summed E-state index contributed by atoms with van der Waals surface area (Å²) in [5.74, 6) is -1.20. The smallest absolute Gasteiger partial charge is 0.254 e. The van der Waals surface area contributed by atoms with Gasteiger partial charge in [0.25, 0.3) is 5.91 Å². The lowest BCUT2D eigenvalue weighted by Crippen LogP contribution is -2.57. The highest BCUT2D eigenvalue weighted by molar-refractivity contribution is 6.24. The molecule has 0 spiro atoms. The summed E-state index contributed by atoms with van der Waals surface area (Å²) in [6.07, 6.45) is 14.6. The molecule has 8 nitrogen and oxygen atoms in total.